The van der Waals surface area contributed by atoms with Gasteiger partial charge in [0, 0.05) is 12.1 Å². The summed E-state index contributed by atoms with van der Waals surface area (Å²) in [6, 6.07) is 7.81. The van der Waals surface area contributed by atoms with Crippen LogP contribution in [-0.4, -0.2) is 31.6 Å². The van der Waals surface area contributed by atoms with Gasteiger partial charge >= 0.3 is 5.97 Å². The van der Waals surface area contributed by atoms with Gasteiger partial charge in [0.25, 0.3) is 0 Å². The van der Waals surface area contributed by atoms with Crippen LogP contribution in [0.1, 0.15) is 32.3 Å². The average Bonchev–Trinajstić information content (AvgIpc) is 2.47. The standard InChI is InChI=1S/C16H24N2O3/c1-3-13-7-5-8-14(11-13)18-15(19)12-17-10-6-9-16(20)21-4-2/h5,7-8,11,17H,3-4,6,9-10,12H2,1-2H3,(H,18,19). The number of benzene rings is 1. The van der Waals surface area contributed by atoms with Gasteiger partial charge in [0.1, 0.15) is 0 Å². The quantitative estimate of drug-likeness (QED) is 0.540. The third kappa shape index (κ3) is 7.46. The molecule has 21 heavy (non-hydrogen) atoms. The molecule has 5 nitrogen and oxygen atoms in total. The van der Waals surface area contributed by atoms with Gasteiger partial charge < -0.3 is 15.4 Å². The molecule has 1 aromatic carbocycles. The van der Waals surface area contributed by atoms with Crippen molar-refractivity contribution in [1.29, 1.82) is 0 Å². The van der Waals surface area contributed by atoms with Gasteiger partial charge in [-0.3, -0.25) is 9.59 Å². The Morgan fingerprint density at radius 1 is 1.24 bits per heavy atom. The van der Waals surface area contributed by atoms with Gasteiger partial charge in [0.05, 0.1) is 13.2 Å². The molecule has 0 heterocycles. The van der Waals surface area contributed by atoms with E-state index in [0.717, 1.165) is 12.1 Å². The van der Waals surface area contributed by atoms with Crippen LogP contribution in [0.15, 0.2) is 24.3 Å². The highest BCUT2D eigenvalue weighted by Gasteiger charge is 2.04. The minimum atomic E-state index is -0.194. The number of ether oxygens (including phenoxy) is 1. The minimum absolute atomic E-state index is 0.0839. The fourth-order valence-corrected chi connectivity index (χ4v) is 1.87. The van der Waals surface area contributed by atoms with Crippen molar-refractivity contribution in [3.63, 3.8) is 0 Å². The van der Waals surface area contributed by atoms with E-state index >= 15 is 0 Å². The van der Waals surface area contributed by atoms with E-state index in [0.29, 0.717) is 26.0 Å². The van der Waals surface area contributed by atoms with Crippen molar-refractivity contribution < 1.29 is 14.3 Å². The number of aryl methyl sites for hydroxylation is 1. The number of amides is 1. The summed E-state index contributed by atoms with van der Waals surface area (Å²) in [6.45, 7) is 5.12. The van der Waals surface area contributed by atoms with Crippen LogP contribution < -0.4 is 10.6 Å². The summed E-state index contributed by atoms with van der Waals surface area (Å²) in [4.78, 5) is 22.9. The molecule has 1 rings (SSSR count). The van der Waals surface area contributed by atoms with Crippen LogP contribution in [0, 0.1) is 0 Å². The van der Waals surface area contributed by atoms with Gasteiger partial charge in [-0.1, -0.05) is 19.1 Å². The second kappa shape index (κ2) is 9.94. The van der Waals surface area contributed by atoms with E-state index < -0.39 is 0 Å². The Hall–Kier alpha value is -1.88. The van der Waals surface area contributed by atoms with E-state index in [9.17, 15) is 9.59 Å². The Balaban J connectivity index is 2.18. The maximum absolute atomic E-state index is 11.7. The summed E-state index contributed by atoms with van der Waals surface area (Å²) in [7, 11) is 0. The fraction of sp³-hybridized carbons (Fsp3) is 0.500. The summed E-state index contributed by atoms with van der Waals surface area (Å²) < 4.78 is 4.82. The molecule has 0 fully saturated rings. The predicted octanol–water partition coefficient (Wildman–Crippen LogP) is 2.12. The lowest BCUT2D eigenvalue weighted by Crippen LogP contribution is -2.29. The number of nitrogens with one attached hydrogen (secondary N) is 2. The molecule has 0 unspecified atom stereocenters. The summed E-state index contributed by atoms with van der Waals surface area (Å²) in [5, 5.41) is 5.86. The first-order chi connectivity index (χ1) is 10.2. The smallest absolute Gasteiger partial charge is 0.305 e. The van der Waals surface area contributed by atoms with Crippen LogP contribution in [-0.2, 0) is 20.7 Å². The average molecular weight is 292 g/mol. The largest absolute Gasteiger partial charge is 0.466 e. The molecular formula is C16H24N2O3. The van der Waals surface area contributed by atoms with Crippen LogP contribution in [0.2, 0.25) is 0 Å². The maximum Gasteiger partial charge on any atom is 0.305 e. The molecule has 2 N–H and O–H groups in total. The molecule has 0 atom stereocenters. The number of rotatable bonds is 9. The highest BCUT2D eigenvalue weighted by atomic mass is 16.5. The van der Waals surface area contributed by atoms with Crippen molar-refractivity contribution in [3.8, 4) is 0 Å². The van der Waals surface area contributed by atoms with Crippen LogP contribution in [0.5, 0.6) is 0 Å². The molecule has 5 heteroatoms. The maximum atomic E-state index is 11.7. The summed E-state index contributed by atoms with van der Waals surface area (Å²) in [6.07, 6.45) is 1.98. The Bertz CT molecular complexity index is 461. The zero-order valence-corrected chi connectivity index (χ0v) is 12.8. The van der Waals surface area contributed by atoms with E-state index in [1.165, 1.54) is 5.56 Å². The zero-order chi connectivity index (χ0) is 15.5. The van der Waals surface area contributed by atoms with Crippen molar-refractivity contribution in [2.75, 3.05) is 25.0 Å². The normalized spacial score (nSPS) is 10.2. The lowest BCUT2D eigenvalue weighted by molar-refractivity contribution is -0.143. The van der Waals surface area contributed by atoms with Crippen molar-refractivity contribution in [2.24, 2.45) is 0 Å². The topological polar surface area (TPSA) is 67.4 Å². The number of hydrogen-bond donors (Lipinski definition) is 2. The first-order valence-electron chi connectivity index (χ1n) is 7.40. The molecule has 1 amide bonds. The second-order valence-electron chi connectivity index (χ2n) is 4.69. The molecule has 0 aliphatic heterocycles. The molecule has 0 bridgehead atoms. The van der Waals surface area contributed by atoms with Gasteiger partial charge in [0.2, 0.25) is 5.91 Å². The van der Waals surface area contributed by atoms with E-state index in [2.05, 4.69) is 17.6 Å². The highest BCUT2D eigenvalue weighted by Crippen LogP contribution is 2.10. The van der Waals surface area contributed by atoms with Crippen LogP contribution in [0.3, 0.4) is 0 Å². The Morgan fingerprint density at radius 3 is 2.76 bits per heavy atom. The first-order valence-corrected chi connectivity index (χ1v) is 7.40. The summed E-state index contributed by atoms with van der Waals surface area (Å²) in [5.74, 6) is -0.278. The number of carbonyl (C=O) groups excluding carboxylic acids is 2. The molecule has 116 valence electrons. The molecule has 0 spiro atoms. The number of anilines is 1. The van der Waals surface area contributed by atoms with E-state index in [-0.39, 0.29) is 18.4 Å². The lowest BCUT2D eigenvalue weighted by atomic mass is 10.1. The Labute approximate surface area is 126 Å². The van der Waals surface area contributed by atoms with Crippen molar-refractivity contribution in [3.05, 3.63) is 29.8 Å². The van der Waals surface area contributed by atoms with Crippen LogP contribution in [0.4, 0.5) is 5.69 Å². The molecular weight excluding hydrogens is 268 g/mol. The Morgan fingerprint density at radius 2 is 2.05 bits per heavy atom. The highest BCUT2D eigenvalue weighted by molar-refractivity contribution is 5.92. The molecule has 0 aromatic heterocycles. The van der Waals surface area contributed by atoms with Crippen molar-refractivity contribution >= 4 is 17.6 Å². The minimum Gasteiger partial charge on any atom is -0.466 e. The van der Waals surface area contributed by atoms with Crippen LogP contribution >= 0.6 is 0 Å². The molecule has 0 aliphatic carbocycles. The van der Waals surface area contributed by atoms with Gasteiger partial charge in [-0.25, -0.2) is 0 Å². The van der Waals surface area contributed by atoms with Crippen molar-refractivity contribution in [1.82, 2.24) is 5.32 Å². The van der Waals surface area contributed by atoms with E-state index in [4.69, 9.17) is 4.74 Å². The van der Waals surface area contributed by atoms with Gasteiger partial charge in [-0.05, 0) is 44.0 Å². The first kappa shape index (κ1) is 17.2. The fourth-order valence-electron chi connectivity index (χ4n) is 1.87. The number of hydrogen-bond acceptors (Lipinski definition) is 4. The third-order valence-corrected chi connectivity index (χ3v) is 2.94. The van der Waals surface area contributed by atoms with E-state index in [1.807, 2.05) is 24.3 Å². The van der Waals surface area contributed by atoms with Gasteiger partial charge in [-0.2, -0.15) is 0 Å². The van der Waals surface area contributed by atoms with Gasteiger partial charge in [-0.15, -0.1) is 0 Å². The van der Waals surface area contributed by atoms with E-state index in [1.54, 1.807) is 6.92 Å². The lowest BCUT2D eigenvalue weighted by Gasteiger charge is -2.08. The molecule has 0 saturated carbocycles. The molecule has 0 saturated heterocycles. The zero-order valence-electron chi connectivity index (χ0n) is 12.8. The van der Waals surface area contributed by atoms with Gasteiger partial charge in [0.15, 0.2) is 0 Å². The molecule has 0 aliphatic rings. The third-order valence-electron chi connectivity index (χ3n) is 2.94. The Kier molecular flexibility index (Phi) is 8.12. The van der Waals surface area contributed by atoms with Crippen LogP contribution in [0.25, 0.3) is 0 Å². The van der Waals surface area contributed by atoms with Crippen molar-refractivity contribution in [2.45, 2.75) is 33.1 Å². The number of esters is 1. The SMILES string of the molecule is CCOC(=O)CCCNCC(=O)Nc1cccc(CC)c1. The second-order valence-corrected chi connectivity index (χ2v) is 4.69. The predicted molar refractivity (Wildman–Crippen MR) is 83.2 cm³/mol. The monoisotopic (exact) mass is 292 g/mol. The summed E-state index contributed by atoms with van der Waals surface area (Å²) in [5.41, 5.74) is 2.00. The number of carbonyl (C=O) groups is 2. The molecule has 1 aromatic rings. The molecule has 0 radical (unpaired) electrons. The summed E-state index contributed by atoms with van der Waals surface area (Å²) >= 11 is 0.